The monoisotopic (exact) mass is 576 g/mol. The molecule has 0 unspecified atom stereocenters. The Balaban J connectivity index is 0.000000286. The third-order valence-corrected chi connectivity index (χ3v) is 5.17. The molecule has 0 saturated carbocycles. The molecule has 2 heterocycles. The Morgan fingerprint density at radius 3 is 0.625 bits per heavy atom. The predicted molar refractivity (Wildman–Crippen MR) is 146 cm³/mol. The fourth-order valence-electron chi connectivity index (χ4n) is 3.19. The van der Waals surface area contributed by atoms with Crippen LogP contribution in [0, 0.1) is 0 Å². The summed E-state index contributed by atoms with van der Waals surface area (Å²) in [6, 6.07) is 7.59. The summed E-state index contributed by atoms with van der Waals surface area (Å²) < 4.78 is 65.0. The van der Waals surface area contributed by atoms with Gasteiger partial charge in [-0.15, -0.1) is 0 Å². The van der Waals surface area contributed by atoms with E-state index < -0.39 is 0 Å². The Morgan fingerprint density at radius 1 is 0.250 bits per heavy atom. The lowest BCUT2D eigenvalue weighted by Gasteiger charge is -2.13. The van der Waals surface area contributed by atoms with Gasteiger partial charge in [-0.2, -0.15) is 0 Å². The standard InChI is InChI=1S/C16H24O6.C12H24O6/c1-2-4-16-15(3-1)21-13-11-19-9-7-17-5-6-18-8-10-20-12-14-22-16;1-2-14-5-6-16-9-10-18-12-11-17-8-7-15-4-3-13-1/h1-4H,5-14H2;1-12H2. The van der Waals surface area contributed by atoms with Gasteiger partial charge in [0.05, 0.1) is 132 Å². The molecule has 1 aromatic rings. The van der Waals surface area contributed by atoms with Gasteiger partial charge in [0.25, 0.3) is 0 Å². The van der Waals surface area contributed by atoms with Crippen molar-refractivity contribution in [3.63, 3.8) is 0 Å². The van der Waals surface area contributed by atoms with Gasteiger partial charge in [-0.05, 0) is 12.1 Å². The molecule has 0 amide bonds. The maximum absolute atomic E-state index is 5.68. The van der Waals surface area contributed by atoms with Gasteiger partial charge in [-0.25, -0.2) is 0 Å². The Labute approximate surface area is 238 Å². The zero-order chi connectivity index (χ0) is 28.0. The Hall–Kier alpha value is -1.58. The summed E-state index contributed by atoms with van der Waals surface area (Å²) in [5.41, 5.74) is 0. The summed E-state index contributed by atoms with van der Waals surface area (Å²) in [4.78, 5) is 0. The van der Waals surface area contributed by atoms with Crippen LogP contribution in [-0.2, 0) is 47.4 Å². The minimum absolute atomic E-state index is 0.472. The summed E-state index contributed by atoms with van der Waals surface area (Å²) in [6.07, 6.45) is 0. The number of fused-ring (bicyclic) bond motifs is 1. The number of benzene rings is 1. The number of ether oxygens (including phenoxy) is 12. The largest absolute Gasteiger partial charge is 0.487 e. The van der Waals surface area contributed by atoms with Crippen LogP contribution in [0.15, 0.2) is 24.3 Å². The summed E-state index contributed by atoms with van der Waals surface area (Å²) in [5.74, 6) is 1.43. The molecule has 40 heavy (non-hydrogen) atoms. The van der Waals surface area contributed by atoms with Crippen molar-refractivity contribution >= 4 is 0 Å². The van der Waals surface area contributed by atoms with Crippen LogP contribution in [-0.4, -0.2) is 145 Å². The average molecular weight is 577 g/mol. The molecule has 12 nitrogen and oxygen atoms in total. The normalized spacial score (nSPS) is 21.7. The van der Waals surface area contributed by atoms with Gasteiger partial charge in [0, 0.05) is 0 Å². The topological polar surface area (TPSA) is 111 Å². The van der Waals surface area contributed by atoms with E-state index in [-0.39, 0.29) is 0 Å². The Kier molecular flexibility index (Phi) is 23.9. The molecular weight excluding hydrogens is 528 g/mol. The third-order valence-electron chi connectivity index (χ3n) is 5.17. The van der Waals surface area contributed by atoms with E-state index in [1.165, 1.54) is 0 Å². The lowest BCUT2D eigenvalue weighted by atomic mass is 10.3. The average Bonchev–Trinajstić information content (AvgIpc) is 2.97. The minimum Gasteiger partial charge on any atom is -0.487 e. The van der Waals surface area contributed by atoms with Crippen molar-refractivity contribution in [2.75, 3.05) is 145 Å². The predicted octanol–water partition coefficient (Wildman–Crippen LogP) is 1.62. The van der Waals surface area contributed by atoms with Gasteiger partial charge < -0.3 is 56.8 Å². The van der Waals surface area contributed by atoms with Crippen LogP contribution in [0.25, 0.3) is 0 Å². The number of hydrogen-bond acceptors (Lipinski definition) is 12. The molecule has 2 aliphatic rings. The van der Waals surface area contributed by atoms with E-state index in [0.29, 0.717) is 157 Å². The maximum atomic E-state index is 5.68. The highest BCUT2D eigenvalue weighted by Gasteiger charge is 2.04. The van der Waals surface area contributed by atoms with Crippen molar-refractivity contribution in [2.24, 2.45) is 0 Å². The Bertz CT molecular complexity index is 554. The van der Waals surface area contributed by atoms with E-state index in [1.54, 1.807) is 0 Å². The number of hydrogen-bond donors (Lipinski definition) is 0. The molecule has 0 aliphatic carbocycles. The van der Waals surface area contributed by atoms with E-state index in [2.05, 4.69) is 0 Å². The van der Waals surface area contributed by atoms with Crippen LogP contribution < -0.4 is 9.47 Å². The Morgan fingerprint density at radius 2 is 0.425 bits per heavy atom. The summed E-state index contributed by atoms with van der Waals surface area (Å²) >= 11 is 0. The first-order valence-corrected chi connectivity index (χ1v) is 14.1. The molecule has 0 aromatic heterocycles. The molecule has 232 valence electrons. The van der Waals surface area contributed by atoms with Crippen molar-refractivity contribution in [3.05, 3.63) is 24.3 Å². The SMILES string of the molecule is C1COCCOCCOCCOCCOCCO1.c1ccc2c(c1)OCCOCCOCCOCCOCCO2. The molecule has 2 aliphatic heterocycles. The molecule has 0 spiro atoms. The molecule has 1 saturated heterocycles. The second-order valence-corrected chi connectivity index (χ2v) is 8.27. The van der Waals surface area contributed by atoms with Gasteiger partial charge in [0.1, 0.15) is 13.2 Å². The summed E-state index contributed by atoms with van der Waals surface area (Å²) in [7, 11) is 0. The lowest BCUT2D eigenvalue weighted by molar-refractivity contribution is -0.0334. The quantitative estimate of drug-likeness (QED) is 0.448. The second-order valence-electron chi connectivity index (χ2n) is 8.27. The van der Waals surface area contributed by atoms with Crippen LogP contribution >= 0.6 is 0 Å². The van der Waals surface area contributed by atoms with E-state index in [1.807, 2.05) is 24.3 Å². The van der Waals surface area contributed by atoms with Crippen LogP contribution in [0.2, 0.25) is 0 Å². The van der Waals surface area contributed by atoms with Gasteiger partial charge in [0.2, 0.25) is 0 Å². The van der Waals surface area contributed by atoms with E-state index in [0.717, 1.165) is 0 Å². The van der Waals surface area contributed by atoms with Crippen molar-refractivity contribution < 1.29 is 56.8 Å². The molecule has 3 rings (SSSR count). The zero-order valence-electron chi connectivity index (χ0n) is 23.8. The van der Waals surface area contributed by atoms with Crippen LogP contribution in [0.5, 0.6) is 11.5 Å². The van der Waals surface area contributed by atoms with Gasteiger partial charge in [0.15, 0.2) is 11.5 Å². The number of para-hydroxylation sites is 2. The first-order chi connectivity index (χ1) is 20.0. The molecule has 1 aromatic carbocycles. The smallest absolute Gasteiger partial charge is 0.161 e. The molecule has 0 radical (unpaired) electrons. The minimum atomic E-state index is 0.472. The van der Waals surface area contributed by atoms with Crippen LogP contribution in [0.3, 0.4) is 0 Å². The zero-order valence-corrected chi connectivity index (χ0v) is 23.8. The molecule has 0 bridgehead atoms. The van der Waals surface area contributed by atoms with Crippen LogP contribution in [0.1, 0.15) is 0 Å². The van der Waals surface area contributed by atoms with Crippen molar-refractivity contribution in [3.8, 4) is 11.5 Å². The maximum Gasteiger partial charge on any atom is 0.161 e. The van der Waals surface area contributed by atoms with Crippen molar-refractivity contribution in [1.29, 1.82) is 0 Å². The van der Waals surface area contributed by atoms with Gasteiger partial charge >= 0.3 is 0 Å². The molecule has 1 fully saturated rings. The summed E-state index contributed by atoms with van der Waals surface area (Å²) in [5, 5.41) is 0. The highest BCUT2D eigenvalue weighted by molar-refractivity contribution is 5.39. The first kappa shape index (κ1) is 34.6. The van der Waals surface area contributed by atoms with Gasteiger partial charge in [-0.1, -0.05) is 12.1 Å². The molecule has 0 N–H and O–H groups in total. The van der Waals surface area contributed by atoms with Crippen molar-refractivity contribution in [1.82, 2.24) is 0 Å². The molecule has 12 heteroatoms. The fraction of sp³-hybridized carbons (Fsp3) is 0.786. The van der Waals surface area contributed by atoms with Gasteiger partial charge in [-0.3, -0.25) is 0 Å². The highest BCUT2D eigenvalue weighted by atomic mass is 16.6. The second kappa shape index (κ2) is 27.6. The molecular formula is C28H48O12. The van der Waals surface area contributed by atoms with E-state index in [4.69, 9.17) is 56.8 Å². The van der Waals surface area contributed by atoms with Crippen LogP contribution in [0.4, 0.5) is 0 Å². The van der Waals surface area contributed by atoms with E-state index in [9.17, 15) is 0 Å². The molecule has 0 atom stereocenters. The number of rotatable bonds is 0. The summed E-state index contributed by atoms with van der Waals surface area (Å²) in [6.45, 7) is 12.3. The highest BCUT2D eigenvalue weighted by Crippen LogP contribution is 2.26. The van der Waals surface area contributed by atoms with Crippen molar-refractivity contribution in [2.45, 2.75) is 0 Å². The first-order valence-electron chi connectivity index (χ1n) is 14.1. The lowest BCUT2D eigenvalue weighted by Crippen LogP contribution is -2.16. The third kappa shape index (κ3) is 21.2. The fourth-order valence-corrected chi connectivity index (χ4v) is 3.19. The van der Waals surface area contributed by atoms with E-state index >= 15 is 0 Å².